The van der Waals surface area contributed by atoms with Gasteiger partial charge in [-0.3, -0.25) is 14.5 Å². The first-order chi connectivity index (χ1) is 25.8. The summed E-state index contributed by atoms with van der Waals surface area (Å²) in [4.78, 5) is 45.9. The van der Waals surface area contributed by atoms with Gasteiger partial charge in [-0.25, -0.2) is 4.39 Å². The molecule has 54 heavy (non-hydrogen) atoms. The van der Waals surface area contributed by atoms with E-state index < -0.39 is 13.0 Å². The van der Waals surface area contributed by atoms with Crippen LogP contribution in [0, 0.1) is 24.7 Å². The average Bonchev–Trinajstić information content (AvgIpc) is 3.75. The number of carbonyl (C=O) groups is 4. The van der Waals surface area contributed by atoms with Crippen molar-refractivity contribution < 1.29 is 37.8 Å². The van der Waals surface area contributed by atoms with Gasteiger partial charge >= 0.3 is 0 Å². The lowest BCUT2D eigenvalue weighted by atomic mass is 9.77. The molecule has 4 atom stereocenters. The fraction of sp³-hybridized carbons (Fsp3) is 0.707. The number of aryl methyl sites for hydroxylation is 1. The van der Waals surface area contributed by atoms with E-state index in [1.165, 1.54) is 68.3 Å². The third-order valence-corrected chi connectivity index (χ3v) is 9.23. The summed E-state index contributed by atoms with van der Waals surface area (Å²) in [5.74, 6) is 1.64. The van der Waals surface area contributed by atoms with Gasteiger partial charge in [0, 0.05) is 55.3 Å². The molecule has 2 aromatic rings. The number of nitrogens with one attached hydrogen (secondary N) is 2. The second-order valence-corrected chi connectivity index (χ2v) is 14.7. The average molecular weight is 785 g/mol. The van der Waals surface area contributed by atoms with Crippen LogP contribution in [0.3, 0.4) is 0 Å². The molecule has 0 amide bonds. The molecule has 1 saturated carbocycles. The first-order valence-corrected chi connectivity index (χ1v) is 20.8. The Morgan fingerprint density at radius 1 is 1.02 bits per heavy atom. The van der Waals surface area contributed by atoms with Gasteiger partial charge in [0.05, 0.1) is 12.1 Å². The Kier molecular flexibility index (Phi) is 33.9. The third-order valence-electron chi connectivity index (χ3n) is 9.23. The number of methoxy groups -OCH3 is 1. The summed E-state index contributed by atoms with van der Waals surface area (Å²) in [7, 11) is 5.72. The van der Waals surface area contributed by atoms with Crippen LogP contribution in [-0.4, -0.2) is 107 Å². The largest absolute Gasteiger partial charge is 0.428 e. The van der Waals surface area contributed by atoms with Crippen LogP contribution in [0.25, 0.3) is 10.9 Å². The predicted molar refractivity (Wildman–Crippen MR) is 223 cm³/mol. The molecule has 0 spiro atoms. The number of ether oxygens (including phenoxy) is 3. The second-order valence-electron chi connectivity index (χ2n) is 13.8. The number of rotatable bonds is 15. The van der Waals surface area contributed by atoms with E-state index in [2.05, 4.69) is 62.9 Å². The van der Waals surface area contributed by atoms with Crippen LogP contribution < -0.4 is 11.1 Å². The Morgan fingerprint density at radius 2 is 1.61 bits per heavy atom. The van der Waals surface area contributed by atoms with Crippen molar-refractivity contribution in [1.82, 2.24) is 9.88 Å². The summed E-state index contributed by atoms with van der Waals surface area (Å²) in [6.45, 7) is 10.6. The fourth-order valence-corrected chi connectivity index (χ4v) is 5.99. The number of nitrogens with two attached hydrogens (primary N) is 1. The van der Waals surface area contributed by atoms with E-state index >= 15 is 0 Å². The van der Waals surface area contributed by atoms with Crippen LogP contribution in [0.2, 0.25) is 0 Å². The summed E-state index contributed by atoms with van der Waals surface area (Å²) in [6.07, 6.45) is 17.2. The number of hydrogen-bond acceptors (Lipinski definition) is 11. The maximum absolute atomic E-state index is 11.9. The number of nitrogens with zero attached hydrogens (tertiary/aromatic N) is 1. The minimum absolute atomic E-state index is 0.136. The van der Waals surface area contributed by atoms with Gasteiger partial charge < -0.3 is 39.8 Å². The summed E-state index contributed by atoms with van der Waals surface area (Å²) >= 11 is 1.75. The molecule has 13 heteroatoms. The molecule has 2 aliphatic rings. The molecule has 0 bridgehead atoms. The molecule has 2 fully saturated rings. The first-order valence-electron chi connectivity index (χ1n) is 19.2. The zero-order valence-corrected chi connectivity index (χ0v) is 35.6. The standard InChI is InChI=1S/C12H21NO.C10H12N2.C9H18FNO.C4H6O4.C4H10O.C2H6S/c1-13-8-7-11(12(13)9-14)10-5-3-2-4-6-10;1-7-5-8-6-9(11-2)3-4-10(8)12-7;1-2-8(7-12)4-3-5-9(11)6-10;1-4(7-2-5)8-3-6;1-4(2)5-3;1-3-2/h9-12H,2-8H2,1H3;3-6,11-12H,1-2H3;7-9H,2-6,11H2,1H3;2-4H,1H3;4H,1-3H3;1-2H3. The minimum atomic E-state index is -0.773. The lowest BCUT2D eigenvalue weighted by Gasteiger charge is -2.30. The first kappa shape index (κ1) is 53.1. The van der Waals surface area contributed by atoms with Crippen LogP contribution in [-0.2, 0) is 33.4 Å². The van der Waals surface area contributed by atoms with Crippen molar-refractivity contribution in [2.75, 3.05) is 52.3 Å². The zero-order valence-electron chi connectivity index (χ0n) is 34.8. The Balaban J connectivity index is 0. The molecule has 312 valence electrons. The minimum Gasteiger partial charge on any atom is -0.428 e. The van der Waals surface area contributed by atoms with Crippen molar-refractivity contribution >= 4 is 53.9 Å². The van der Waals surface area contributed by atoms with Gasteiger partial charge in [-0.05, 0) is 109 Å². The van der Waals surface area contributed by atoms with E-state index in [1.54, 1.807) is 18.9 Å². The van der Waals surface area contributed by atoms with Crippen molar-refractivity contribution in [2.45, 2.75) is 123 Å². The van der Waals surface area contributed by atoms with Crippen LogP contribution in [0.1, 0.15) is 97.6 Å². The summed E-state index contributed by atoms with van der Waals surface area (Å²) in [5.41, 5.74) is 8.94. The van der Waals surface area contributed by atoms with Gasteiger partial charge in [-0.1, -0.05) is 45.4 Å². The normalized spacial score (nSPS) is 17.6. The van der Waals surface area contributed by atoms with Crippen molar-refractivity contribution in [2.24, 2.45) is 23.5 Å². The number of likely N-dealkylation sites (tertiary alicyclic amines) is 1. The fourth-order valence-electron chi connectivity index (χ4n) is 5.99. The van der Waals surface area contributed by atoms with Crippen molar-refractivity contribution in [3.05, 3.63) is 30.0 Å². The molecular weight excluding hydrogens is 712 g/mol. The highest BCUT2D eigenvalue weighted by Gasteiger charge is 2.37. The number of benzene rings is 1. The van der Waals surface area contributed by atoms with E-state index in [9.17, 15) is 23.6 Å². The molecule has 1 aliphatic carbocycles. The number of carbonyl (C=O) groups excluding carboxylic acids is 4. The number of aldehydes is 2. The quantitative estimate of drug-likeness (QED) is 0.119. The lowest BCUT2D eigenvalue weighted by molar-refractivity contribution is -0.165. The molecule has 1 aromatic heterocycles. The van der Waals surface area contributed by atoms with Crippen LogP contribution in [0.4, 0.5) is 10.1 Å². The van der Waals surface area contributed by atoms with Gasteiger partial charge in [0.1, 0.15) is 19.2 Å². The number of halogens is 1. The lowest BCUT2D eigenvalue weighted by Crippen LogP contribution is -2.34. The van der Waals surface area contributed by atoms with Crippen LogP contribution in [0.5, 0.6) is 0 Å². The highest BCUT2D eigenvalue weighted by atomic mass is 32.2. The van der Waals surface area contributed by atoms with Gasteiger partial charge in [-0.15, -0.1) is 0 Å². The van der Waals surface area contributed by atoms with E-state index in [-0.39, 0.29) is 30.9 Å². The highest BCUT2D eigenvalue weighted by Crippen LogP contribution is 2.37. The van der Waals surface area contributed by atoms with Crippen LogP contribution in [0.15, 0.2) is 24.3 Å². The van der Waals surface area contributed by atoms with Gasteiger partial charge in [0.25, 0.3) is 12.9 Å². The smallest absolute Gasteiger partial charge is 0.296 e. The maximum Gasteiger partial charge on any atom is 0.296 e. The van der Waals surface area contributed by atoms with Crippen molar-refractivity contribution in [1.29, 1.82) is 0 Å². The molecule has 11 nitrogen and oxygen atoms in total. The third kappa shape index (κ3) is 25.1. The van der Waals surface area contributed by atoms with Crippen LogP contribution >= 0.6 is 11.8 Å². The Hall–Kier alpha value is -3.00. The van der Waals surface area contributed by atoms with E-state index in [0.29, 0.717) is 18.4 Å². The number of H-pyrrole nitrogens is 1. The SMILES string of the molecule is CC(OC=O)OC=O.CCC(C=O)CCCC(N)CF.CN1CCC(C2CCCCC2)C1C=O.CNc1ccc2[nH]c(C)cc2c1.COC(C)C.CSC. The molecule has 1 aliphatic heterocycles. The summed E-state index contributed by atoms with van der Waals surface area (Å²) in [6, 6.07) is 8.33. The summed E-state index contributed by atoms with van der Waals surface area (Å²) in [5, 5.41) is 4.38. The molecule has 1 saturated heterocycles. The number of alkyl halides is 1. The molecule has 4 unspecified atom stereocenters. The van der Waals surface area contributed by atoms with Gasteiger partial charge in [0.2, 0.25) is 6.29 Å². The van der Waals surface area contributed by atoms with Gasteiger partial charge in [0.15, 0.2) is 0 Å². The Labute approximate surface area is 329 Å². The number of hydrogen-bond donors (Lipinski definition) is 3. The highest BCUT2D eigenvalue weighted by molar-refractivity contribution is 7.97. The second kappa shape index (κ2) is 34.5. The number of fused-ring (bicyclic) bond motifs is 1. The Bertz CT molecular complexity index is 1210. The predicted octanol–water partition coefficient (Wildman–Crippen LogP) is 7.98. The molecule has 4 rings (SSSR count). The number of anilines is 1. The molecule has 1 aromatic carbocycles. The topological polar surface area (TPSA) is 153 Å². The maximum atomic E-state index is 11.9. The number of aromatic amines is 1. The van der Waals surface area contributed by atoms with Crippen molar-refractivity contribution in [3.63, 3.8) is 0 Å². The zero-order chi connectivity index (χ0) is 41.3. The molecule has 0 radical (unpaired) electrons. The molecule has 4 N–H and O–H groups in total. The molecule has 2 heterocycles. The Morgan fingerprint density at radius 3 is 2.07 bits per heavy atom. The number of aromatic nitrogens is 1. The van der Waals surface area contributed by atoms with Crippen molar-refractivity contribution in [3.8, 4) is 0 Å². The number of thioether (sulfide) groups is 1. The summed E-state index contributed by atoms with van der Waals surface area (Å²) < 4.78 is 24.9. The van der Waals surface area contributed by atoms with E-state index in [0.717, 1.165) is 43.7 Å². The number of likely N-dealkylation sites (N-methyl/N-ethyl adjacent to an activating group) is 1. The molecular formula is C41H73FN4O7S. The van der Waals surface area contributed by atoms with E-state index in [1.807, 2.05) is 40.3 Å². The monoisotopic (exact) mass is 785 g/mol. The van der Waals surface area contributed by atoms with E-state index in [4.69, 9.17) is 10.5 Å². The van der Waals surface area contributed by atoms with Gasteiger partial charge in [-0.2, -0.15) is 11.8 Å².